The highest BCUT2D eigenvalue weighted by atomic mass is 35.5. The van der Waals surface area contributed by atoms with Crippen LogP contribution in [0, 0.1) is 13.8 Å². The van der Waals surface area contributed by atoms with Gasteiger partial charge in [-0.15, -0.1) is 0 Å². The largest absolute Gasteiger partial charge is 0.411 e. The lowest BCUT2D eigenvalue weighted by atomic mass is 9.83. The molecular weight excluding hydrogens is 872 g/mol. The molecule has 0 amide bonds. The van der Waals surface area contributed by atoms with Crippen molar-refractivity contribution >= 4 is 54.3 Å². The zero-order chi connectivity index (χ0) is 45.5. The first-order valence-corrected chi connectivity index (χ1v) is 23.6. The second-order valence-corrected chi connectivity index (χ2v) is 19.9. The van der Waals surface area contributed by atoms with Crippen LogP contribution in [0.2, 0.25) is 10.0 Å². The third kappa shape index (κ3) is 11.8. The summed E-state index contributed by atoms with van der Waals surface area (Å²) in [6, 6.07) is 30.6. The molecule has 0 fully saturated rings. The first kappa shape index (κ1) is 47.3. The molecule has 4 aromatic carbocycles. The van der Waals surface area contributed by atoms with Crippen LogP contribution in [0.15, 0.2) is 151 Å². The number of aryl methyl sites for hydroxylation is 4. The van der Waals surface area contributed by atoms with Crippen molar-refractivity contribution in [2.75, 3.05) is 12.5 Å². The van der Waals surface area contributed by atoms with E-state index in [9.17, 15) is 36.8 Å². The van der Waals surface area contributed by atoms with Crippen LogP contribution < -0.4 is 11.1 Å². The highest BCUT2D eigenvalue weighted by Crippen LogP contribution is 2.35. The van der Waals surface area contributed by atoms with Crippen molar-refractivity contribution in [2.45, 2.75) is 48.3 Å². The molecular formula is C46H46Cl2N4O8S2. The van der Waals surface area contributed by atoms with E-state index in [4.69, 9.17) is 23.2 Å². The van der Waals surface area contributed by atoms with Gasteiger partial charge in [-0.3, -0.25) is 9.59 Å². The first-order valence-electron chi connectivity index (χ1n) is 19.1. The van der Waals surface area contributed by atoms with Gasteiger partial charge in [-0.25, -0.2) is 16.8 Å². The number of halogens is 2. The summed E-state index contributed by atoms with van der Waals surface area (Å²) in [5, 5.41) is 27.7. The van der Waals surface area contributed by atoms with E-state index in [1.165, 1.54) is 33.8 Å². The van der Waals surface area contributed by atoms with Crippen molar-refractivity contribution in [1.29, 1.82) is 0 Å². The van der Waals surface area contributed by atoms with Gasteiger partial charge in [0.15, 0.2) is 19.7 Å². The molecule has 2 aromatic heterocycles. The average molecular weight is 918 g/mol. The molecule has 0 saturated carbocycles. The fourth-order valence-corrected chi connectivity index (χ4v) is 8.83. The van der Waals surface area contributed by atoms with E-state index >= 15 is 0 Å². The highest BCUT2D eigenvalue weighted by Gasteiger charge is 2.23. The van der Waals surface area contributed by atoms with Gasteiger partial charge in [0, 0.05) is 97.0 Å². The van der Waals surface area contributed by atoms with Gasteiger partial charge in [0.05, 0.1) is 21.2 Å². The molecule has 0 spiro atoms. The van der Waals surface area contributed by atoms with E-state index in [1.807, 2.05) is 38.1 Å². The number of rotatable bonds is 12. The number of hydrogen-bond acceptors (Lipinski definition) is 10. The predicted octanol–water partition coefficient (Wildman–Crippen LogP) is 8.30. The fraction of sp³-hybridized carbons (Fsp3) is 0.217. The van der Waals surface area contributed by atoms with E-state index in [-0.39, 0.29) is 32.7 Å². The van der Waals surface area contributed by atoms with Gasteiger partial charge < -0.3 is 19.5 Å². The van der Waals surface area contributed by atoms with E-state index < -0.39 is 19.7 Å². The maximum absolute atomic E-state index is 11.8. The molecule has 2 unspecified atom stereocenters. The van der Waals surface area contributed by atoms with Gasteiger partial charge in [-0.2, -0.15) is 0 Å². The number of sulfone groups is 2. The number of pyridine rings is 2. The Balaban J connectivity index is 0.000000234. The van der Waals surface area contributed by atoms with Crippen molar-refractivity contribution in [1.82, 2.24) is 9.13 Å². The Hall–Kier alpha value is -5.80. The third-order valence-electron chi connectivity index (χ3n) is 10.5. The third-order valence-corrected chi connectivity index (χ3v) is 13.2. The van der Waals surface area contributed by atoms with Crippen LogP contribution in [-0.4, -0.2) is 60.3 Å². The standard InChI is InChI=1S/2C23H23ClN2O4S/c2*1-15-12-18(24)7-10-20(15)21(16-4-8-19(9-5-16)31(3,29)30)13-22(25-28)17-6-11-23(27)26(2)14-17/h2*4-12,14,21,28H,13H2,1-3H3/b2*25-22+. The Labute approximate surface area is 370 Å². The Kier molecular flexibility index (Phi) is 15.2. The molecule has 0 aliphatic heterocycles. The fourth-order valence-electron chi connectivity index (χ4n) is 7.12. The van der Waals surface area contributed by atoms with Gasteiger partial charge in [0.1, 0.15) is 0 Å². The summed E-state index contributed by atoms with van der Waals surface area (Å²) < 4.78 is 50.2. The second-order valence-electron chi connectivity index (χ2n) is 15.0. The SMILES string of the molecule is Cc1cc(Cl)ccc1C(C/C(=N\O)c1ccc(=O)n(C)c1)c1ccc(S(C)(=O)=O)cc1.Cc1cc(Cl)ccc1C(C/C(=N\O)c1ccc(=O)n(C)c1)c1ccc(S(C)(=O)=O)cc1. The molecule has 324 valence electrons. The van der Waals surface area contributed by atoms with E-state index in [1.54, 1.807) is 99.3 Å². The summed E-state index contributed by atoms with van der Waals surface area (Å²) in [4.78, 5) is 23.9. The van der Waals surface area contributed by atoms with Crippen molar-refractivity contribution in [3.63, 3.8) is 0 Å². The predicted molar refractivity (Wildman–Crippen MR) is 244 cm³/mol. The average Bonchev–Trinajstić information content (AvgIpc) is 3.21. The summed E-state index contributed by atoms with van der Waals surface area (Å²) in [7, 11) is -3.37. The molecule has 62 heavy (non-hydrogen) atoms. The first-order chi connectivity index (χ1) is 29.2. The smallest absolute Gasteiger partial charge is 0.250 e. The summed E-state index contributed by atoms with van der Waals surface area (Å²) in [6.07, 6.45) is 6.23. The molecule has 12 nitrogen and oxygen atoms in total. The van der Waals surface area contributed by atoms with Gasteiger partial charge >= 0.3 is 0 Å². The van der Waals surface area contributed by atoms with Crippen LogP contribution in [0.5, 0.6) is 0 Å². The number of hydrogen-bond donors (Lipinski definition) is 2. The number of benzene rings is 4. The monoisotopic (exact) mass is 916 g/mol. The van der Waals surface area contributed by atoms with Gasteiger partial charge in [0.25, 0.3) is 0 Å². The van der Waals surface area contributed by atoms with Crippen LogP contribution >= 0.6 is 23.2 Å². The van der Waals surface area contributed by atoms with Crippen LogP contribution in [0.4, 0.5) is 0 Å². The minimum atomic E-state index is -3.32. The molecule has 16 heteroatoms. The Morgan fingerprint density at radius 3 is 1.18 bits per heavy atom. The number of nitrogens with zero attached hydrogens (tertiary/aromatic N) is 4. The van der Waals surface area contributed by atoms with E-state index in [0.29, 0.717) is 45.4 Å². The lowest BCUT2D eigenvalue weighted by Crippen LogP contribution is -2.18. The molecule has 6 rings (SSSR count). The second kappa shape index (κ2) is 19.9. The summed E-state index contributed by atoms with van der Waals surface area (Å²) in [6.45, 7) is 3.89. The van der Waals surface area contributed by atoms with Gasteiger partial charge in [-0.05, 0) is 108 Å². The molecule has 0 bridgehead atoms. The topological polar surface area (TPSA) is 177 Å². The maximum atomic E-state index is 11.8. The maximum Gasteiger partial charge on any atom is 0.250 e. The molecule has 2 atom stereocenters. The molecule has 2 heterocycles. The van der Waals surface area contributed by atoms with Crippen LogP contribution in [0.25, 0.3) is 0 Å². The lowest BCUT2D eigenvalue weighted by molar-refractivity contribution is 0.317. The lowest BCUT2D eigenvalue weighted by Gasteiger charge is -2.21. The zero-order valence-electron chi connectivity index (χ0n) is 34.8. The van der Waals surface area contributed by atoms with E-state index in [2.05, 4.69) is 10.3 Å². The Bertz CT molecular complexity index is 2800. The van der Waals surface area contributed by atoms with Gasteiger partial charge in [0.2, 0.25) is 11.1 Å². The van der Waals surface area contributed by atoms with Crippen molar-refractivity contribution in [3.05, 3.63) is 197 Å². The summed E-state index contributed by atoms with van der Waals surface area (Å²) in [5.74, 6) is -0.456. The van der Waals surface area contributed by atoms with Crippen molar-refractivity contribution in [2.24, 2.45) is 24.4 Å². The molecule has 0 radical (unpaired) electrons. The quantitative estimate of drug-likeness (QED) is 0.0700. The highest BCUT2D eigenvalue weighted by molar-refractivity contribution is 7.91. The molecule has 0 aliphatic rings. The Morgan fingerprint density at radius 2 is 0.903 bits per heavy atom. The minimum Gasteiger partial charge on any atom is -0.411 e. The van der Waals surface area contributed by atoms with Crippen molar-refractivity contribution in [3.8, 4) is 0 Å². The van der Waals surface area contributed by atoms with Crippen LogP contribution in [-0.2, 0) is 33.8 Å². The molecule has 2 N–H and O–H groups in total. The minimum absolute atomic E-state index is 0.164. The molecule has 6 aromatic rings. The molecule has 0 saturated heterocycles. The summed E-state index contributed by atoms with van der Waals surface area (Å²) in [5.41, 5.74) is 7.32. The Morgan fingerprint density at radius 1 is 0.565 bits per heavy atom. The van der Waals surface area contributed by atoms with Crippen molar-refractivity contribution < 1.29 is 27.3 Å². The summed E-state index contributed by atoms with van der Waals surface area (Å²) >= 11 is 12.3. The number of oxime groups is 2. The van der Waals surface area contributed by atoms with Gasteiger partial charge in [-0.1, -0.05) is 69.9 Å². The zero-order valence-corrected chi connectivity index (χ0v) is 38.0. The van der Waals surface area contributed by atoms with Crippen LogP contribution in [0.1, 0.15) is 69.2 Å². The normalized spacial score (nSPS) is 13.2. The number of aromatic nitrogens is 2. The van der Waals surface area contributed by atoms with Crippen LogP contribution in [0.3, 0.4) is 0 Å². The van der Waals surface area contributed by atoms with E-state index in [0.717, 1.165) is 33.4 Å². The molecule has 0 aliphatic carbocycles.